The fraction of sp³-hybridized carbons (Fsp3) is 0.714. The van der Waals surface area contributed by atoms with E-state index in [2.05, 4.69) is 10.3 Å². The van der Waals surface area contributed by atoms with Crippen molar-refractivity contribution in [3.8, 4) is 0 Å². The zero-order valence-corrected chi connectivity index (χ0v) is 12.3. The highest BCUT2D eigenvalue weighted by molar-refractivity contribution is 7.09. The number of carbonyl (C=O) groups is 1. The maximum Gasteiger partial charge on any atom is 0.270 e. The summed E-state index contributed by atoms with van der Waals surface area (Å²) >= 11 is 1.48. The molecule has 1 aliphatic rings. The summed E-state index contributed by atoms with van der Waals surface area (Å²) in [6, 6.07) is -0.0510. The molecule has 0 bridgehead atoms. The summed E-state index contributed by atoms with van der Waals surface area (Å²) in [7, 11) is 0. The van der Waals surface area contributed by atoms with Gasteiger partial charge in [0, 0.05) is 11.9 Å². The van der Waals surface area contributed by atoms with Crippen molar-refractivity contribution in [3.05, 3.63) is 16.1 Å². The Balaban J connectivity index is 1.83. The second kappa shape index (κ2) is 7.01. The molecule has 4 nitrogen and oxygen atoms in total. The van der Waals surface area contributed by atoms with Crippen LogP contribution in [0.25, 0.3) is 0 Å². The van der Waals surface area contributed by atoms with Gasteiger partial charge in [0.1, 0.15) is 10.7 Å². The molecule has 0 spiro atoms. The predicted molar refractivity (Wildman–Crippen MR) is 78.2 cm³/mol. The first-order valence-corrected chi connectivity index (χ1v) is 8.08. The van der Waals surface area contributed by atoms with E-state index in [-0.39, 0.29) is 11.9 Å². The maximum atomic E-state index is 12.0. The van der Waals surface area contributed by atoms with E-state index in [1.807, 2.05) is 6.92 Å². The standard InChI is InChI=1S/C14H23N3OS/c1-2-11(15)14-17-12(9-19-14)13(18)16-8-10-6-4-3-5-7-10/h9-11H,2-8,15H2,1H3,(H,16,18). The van der Waals surface area contributed by atoms with Gasteiger partial charge in [-0.1, -0.05) is 26.2 Å². The number of hydrogen-bond acceptors (Lipinski definition) is 4. The molecule has 1 heterocycles. The predicted octanol–water partition coefficient (Wildman–Crippen LogP) is 2.86. The minimum atomic E-state index is -0.0589. The SMILES string of the molecule is CCC(N)c1nc(C(=O)NCC2CCCCC2)cs1. The number of nitrogens with zero attached hydrogens (tertiary/aromatic N) is 1. The third kappa shape index (κ3) is 4.01. The average molecular weight is 281 g/mol. The summed E-state index contributed by atoms with van der Waals surface area (Å²) in [5.41, 5.74) is 6.43. The highest BCUT2D eigenvalue weighted by Crippen LogP contribution is 2.23. The van der Waals surface area contributed by atoms with Crippen molar-refractivity contribution in [1.29, 1.82) is 0 Å². The summed E-state index contributed by atoms with van der Waals surface area (Å²) in [5.74, 6) is 0.588. The molecule has 0 radical (unpaired) electrons. The first-order valence-electron chi connectivity index (χ1n) is 7.20. The lowest BCUT2D eigenvalue weighted by Gasteiger charge is -2.21. The number of thiazole rings is 1. The fourth-order valence-electron chi connectivity index (χ4n) is 2.46. The number of carbonyl (C=O) groups excluding carboxylic acids is 1. The van der Waals surface area contributed by atoms with Gasteiger partial charge in [-0.3, -0.25) is 4.79 Å². The van der Waals surface area contributed by atoms with E-state index in [1.54, 1.807) is 5.38 Å². The third-order valence-electron chi connectivity index (χ3n) is 3.79. The molecule has 1 fully saturated rings. The Labute approximate surface area is 118 Å². The molecular formula is C14H23N3OS. The van der Waals surface area contributed by atoms with E-state index in [0.717, 1.165) is 18.0 Å². The zero-order chi connectivity index (χ0) is 13.7. The van der Waals surface area contributed by atoms with Gasteiger partial charge in [0.2, 0.25) is 0 Å². The van der Waals surface area contributed by atoms with Crippen molar-refractivity contribution >= 4 is 17.2 Å². The molecule has 106 valence electrons. The number of aromatic nitrogens is 1. The topological polar surface area (TPSA) is 68.0 Å². The molecule has 1 saturated carbocycles. The first-order chi connectivity index (χ1) is 9.20. The van der Waals surface area contributed by atoms with E-state index in [9.17, 15) is 4.79 Å². The summed E-state index contributed by atoms with van der Waals surface area (Å²) in [6.45, 7) is 2.81. The molecule has 2 rings (SSSR count). The molecule has 0 aromatic carbocycles. The molecule has 5 heteroatoms. The van der Waals surface area contributed by atoms with Gasteiger partial charge in [0.05, 0.1) is 6.04 Å². The normalized spacial score (nSPS) is 18.2. The van der Waals surface area contributed by atoms with Crippen LogP contribution < -0.4 is 11.1 Å². The maximum absolute atomic E-state index is 12.0. The summed E-state index contributed by atoms with van der Waals surface area (Å²) < 4.78 is 0. The van der Waals surface area contributed by atoms with E-state index in [4.69, 9.17) is 5.73 Å². The third-order valence-corrected chi connectivity index (χ3v) is 4.76. The average Bonchev–Trinajstić information content (AvgIpc) is 2.95. The van der Waals surface area contributed by atoms with Crippen molar-refractivity contribution in [3.63, 3.8) is 0 Å². The summed E-state index contributed by atoms with van der Waals surface area (Å²) in [4.78, 5) is 16.3. The number of nitrogens with two attached hydrogens (primary N) is 1. The second-order valence-electron chi connectivity index (χ2n) is 5.30. The van der Waals surface area contributed by atoms with Crippen molar-refractivity contribution in [2.75, 3.05) is 6.54 Å². The molecule has 1 aliphatic carbocycles. The van der Waals surface area contributed by atoms with Crippen LogP contribution >= 0.6 is 11.3 Å². The van der Waals surface area contributed by atoms with E-state index in [0.29, 0.717) is 11.6 Å². The van der Waals surface area contributed by atoms with Crippen molar-refractivity contribution in [2.24, 2.45) is 11.7 Å². The lowest BCUT2D eigenvalue weighted by atomic mass is 9.89. The Morgan fingerprint density at radius 1 is 1.53 bits per heavy atom. The molecule has 1 aromatic heterocycles. The summed E-state index contributed by atoms with van der Waals surface area (Å²) in [5, 5.41) is 5.66. The molecule has 1 amide bonds. The van der Waals surface area contributed by atoms with Gasteiger partial charge in [-0.25, -0.2) is 4.98 Å². The largest absolute Gasteiger partial charge is 0.350 e. The Morgan fingerprint density at radius 3 is 2.95 bits per heavy atom. The molecule has 0 saturated heterocycles. The van der Waals surface area contributed by atoms with Gasteiger partial charge in [-0.15, -0.1) is 11.3 Å². The van der Waals surface area contributed by atoms with Crippen molar-refractivity contribution in [2.45, 2.75) is 51.5 Å². The lowest BCUT2D eigenvalue weighted by Crippen LogP contribution is -2.30. The second-order valence-corrected chi connectivity index (χ2v) is 6.19. The Hall–Kier alpha value is -0.940. The van der Waals surface area contributed by atoms with Gasteiger partial charge in [-0.2, -0.15) is 0 Å². The highest BCUT2D eigenvalue weighted by Gasteiger charge is 2.17. The van der Waals surface area contributed by atoms with Crippen LogP contribution in [0, 0.1) is 5.92 Å². The van der Waals surface area contributed by atoms with Gasteiger partial charge < -0.3 is 11.1 Å². The molecule has 0 aliphatic heterocycles. The first kappa shape index (κ1) is 14.5. The molecule has 19 heavy (non-hydrogen) atoms. The van der Waals surface area contributed by atoms with Gasteiger partial charge in [0.25, 0.3) is 5.91 Å². The van der Waals surface area contributed by atoms with E-state index < -0.39 is 0 Å². The van der Waals surface area contributed by atoms with Crippen LogP contribution in [0.15, 0.2) is 5.38 Å². The lowest BCUT2D eigenvalue weighted by molar-refractivity contribution is 0.0939. The van der Waals surface area contributed by atoms with Crippen LogP contribution in [-0.2, 0) is 0 Å². The quantitative estimate of drug-likeness (QED) is 0.872. The van der Waals surface area contributed by atoms with Gasteiger partial charge in [-0.05, 0) is 25.2 Å². The number of rotatable bonds is 5. The molecule has 1 aromatic rings. The van der Waals surface area contributed by atoms with Gasteiger partial charge >= 0.3 is 0 Å². The molecule has 3 N–H and O–H groups in total. The van der Waals surface area contributed by atoms with Crippen molar-refractivity contribution < 1.29 is 4.79 Å². The number of hydrogen-bond donors (Lipinski definition) is 2. The molecule has 1 unspecified atom stereocenters. The van der Waals surface area contributed by atoms with Crippen LogP contribution in [-0.4, -0.2) is 17.4 Å². The highest BCUT2D eigenvalue weighted by atomic mass is 32.1. The Kier molecular flexibility index (Phi) is 5.34. The number of nitrogens with one attached hydrogen (secondary N) is 1. The van der Waals surface area contributed by atoms with Crippen molar-refractivity contribution in [1.82, 2.24) is 10.3 Å². The minimum absolute atomic E-state index is 0.0510. The van der Waals surface area contributed by atoms with E-state index in [1.165, 1.54) is 43.4 Å². The Morgan fingerprint density at radius 2 is 2.26 bits per heavy atom. The smallest absolute Gasteiger partial charge is 0.270 e. The monoisotopic (exact) mass is 281 g/mol. The van der Waals surface area contributed by atoms with E-state index >= 15 is 0 Å². The van der Waals surface area contributed by atoms with Crippen LogP contribution in [0.3, 0.4) is 0 Å². The zero-order valence-electron chi connectivity index (χ0n) is 11.5. The van der Waals surface area contributed by atoms with Crippen LogP contribution in [0.1, 0.15) is 67.0 Å². The minimum Gasteiger partial charge on any atom is -0.350 e. The van der Waals surface area contributed by atoms with Crippen LogP contribution in [0.2, 0.25) is 0 Å². The van der Waals surface area contributed by atoms with Crippen LogP contribution in [0.4, 0.5) is 0 Å². The fourth-order valence-corrected chi connectivity index (χ4v) is 3.34. The molecular weight excluding hydrogens is 258 g/mol. The summed E-state index contributed by atoms with van der Waals surface area (Å²) in [6.07, 6.45) is 7.26. The Bertz CT molecular complexity index is 413. The van der Waals surface area contributed by atoms with Crippen LogP contribution in [0.5, 0.6) is 0 Å². The number of amides is 1. The molecule has 1 atom stereocenters. The van der Waals surface area contributed by atoms with Gasteiger partial charge in [0.15, 0.2) is 0 Å².